The van der Waals surface area contributed by atoms with E-state index in [0.29, 0.717) is 10.8 Å². The highest BCUT2D eigenvalue weighted by atomic mass is 16.5. The molecule has 0 amide bonds. The smallest absolute Gasteiger partial charge is 0.347 e. The summed E-state index contributed by atoms with van der Waals surface area (Å²) >= 11 is 0. The van der Waals surface area contributed by atoms with E-state index in [2.05, 4.69) is 0 Å². The summed E-state index contributed by atoms with van der Waals surface area (Å²) in [6.07, 6.45) is 0. The molecule has 12 heteroatoms. The maximum absolute atomic E-state index is 13.3. The molecule has 0 saturated carbocycles. The van der Waals surface area contributed by atoms with E-state index in [0.717, 1.165) is 0 Å². The average molecular weight is 629 g/mol. The molecule has 0 N–H and O–H groups in total. The number of carbonyl (C=O) groups is 6. The van der Waals surface area contributed by atoms with Gasteiger partial charge in [0.05, 0.1) is 50.7 Å². The highest BCUT2D eigenvalue weighted by molar-refractivity contribution is 6.09. The first-order valence-electron chi connectivity index (χ1n) is 13.5. The molecule has 12 nitrogen and oxygen atoms in total. The van der Waals surface area contributed by atoms with Crippen LogP contribution in [-0.2, 0) is 9.47 Å². The molecule has 0 aliphatic rings. The summed E-state index contributed by atoms with van der Waals surface area (Å²) in [7, 11) is 5.09. The number of rotatable bonds is 10. The summed E-state index contributed by atoms with van der Waals surface area (Å²) in [5, 5.41) is 0.759. The molecule has 0 bridgehead atoms. The quantitative estimate of drug-likeness (QED) is 0.127. The van der Waals surface area contributed by atoms with Gasteiger partial charge in [-0.25, -0.2) is 19.2 Å². The monoisotopic (exact) mass is 628 g/mol. The molecule has 0 aliphatic carbocycles. The maximum Gasteiger partial charge on any atom is 0.347 e. The molecule has 0 unspecified atom stereocenters. The number of esters is 4. The van der Waals surface area contributed by atoms with E-state index in [4.69, 9.17) is 28.4 Å². The Kier molecular flexibility index (Phi) is 9.80. The van der Waals surface area contributed by atoms with Crippen LogP contribution in [0.4, 0.5) is 0 Å². The topological polar surface area (TPSA) is 158 Å². The first-order chi connectivity index (χ1) is 21.9. The molecule has 0 atom stereocenters. The number of fused-ring (bicyclic) bond motifs is 1. The zero-order valence-electron chi connectivity index (χ0n) is 25.7. The molecule has 236 valence electrons. The average Bonchev–Trinajstić information content (AvgIpc) is 3.06. The highest BCUT2D eigenvalue weighted by Crippen LogP contribution is 2.38. The van der Waals surface area contributed by atoms with Gasteiger partial charge in [-0.05, 0) is 74.5 Å². The van der Waals surface area contributed by atoms with Crippen LogP contribution in [0.25, 0.3) is 10.8 Å². The third-order valence-corrected chi connectivity index (χ3v) is 6.92. The highest BCUT2D eigenvalue weighted by Gasteiger charge is 2.25. The van der Waals surface area contributed by atoms with Crippen LogP contribution in [0.2, 0.25) is 0 Å². The van der Waals surface area contributed by atoms with Crippen LogP contribution >= 0.6 is 0 Å². The van der Waals surface area contributed by atoms with Gasteiger partial charge in [-0.3, -0.25) is 9.59 Å². The van der Waals surface area contributed by atoms with E-state index in [-0.39, 0.29) is 56.4 Å². The molecule has 4 aromatic rings. The molecular weight excluding hydrogens is 600 g/mol. The van der Waals surface area contributed by atoms with Gasteiger partial charge in [0.2, 0.25) is 0 Å². The molecule has 0 fully saturated rings. The second kappa shape index (κ2) is 13.7. The van der Waals surface area contributed by atoms with Crippen LogP contribution in [0.1, 0.15) is 76.0 Å². The number of hydrogen-bond acceptors (Lipinski definition) is 12. The summed E-state index contributed by atoms with van der Waals surface area (Å²) in [5.41, 5.74) is 0.190. The van der Waals surface area contributed by atoms with Gasteiger partial charge in [0.15, 0.2) is 11.6 Å². The van der Waals surface area contributed by atoms with E-state index in [1.165, 1.54) is 103 Å². The standard InChI is InChI=1S/C34H28O12/c1-17(35)25-15-19(31(37)43-5)7-13-27(25)45-33(39)23-11-9-22-21(29(23)41-3)10-12-24(30(22)42-4)34(40)46-28-14-8-20(32(38)44-6)16-26(28)18(2)36/h7-16H,1-6H3. The fourth-order valence-electron chi connectivity index (χ4n) is 4.70. The summed E-state index contributed by atoms with van der Waals surface area (Å²) in [5.74, 6) is -3.91. The third kappa shape index (κ3) is 6.41. The number of Topliss-reactive ketones (excluding diaryl/α,β-unsaturated/α-hetero) is 2. The molecule has 4 aromatic carbocycles. The van der Waals surface area contributed by atoms with E-state index in [9.17, 15) is 28.8 Å². The van der Waals surface area contributed by atoms with Gasteiger partial charge in [0.1, 0.15) is 34.1 Å². The van der Waals surface area contributed by atoms with E-state index >= 15 is 0 Å². The SMILES string of the molecule is COC(=O)c1ccc(OC(=O)c2ccc3c(OC)c(C(=O)Oc4ccc(C(=O)OC)cc4C(C)=O)ccc3c2OC)c(C(C)=O)c1. The maximum atomic E-state index is 13.3. The minimum Gasteiger partial charge on any atom is -0.495 e. The van der Waals surface area contributed by atoms with Gasteiger partial charge in [0, 0.05) is 10.8 Å². The molecule has 0 radical (unpaired) electrons. The van der Waals surface area contributed by atoms with Gasteiger partial charge < -0.3 is 28.4 Å². The molecule has 0 aliphatic heterocycles. The lowest BCUT2D eigenvalue weighted by Gasteiger charge is -2.16. The fourth-order valence-corrected chi connectivity index (χ4v) is 4.70. The van der Waals surface area contributed by atoms with Crippen molar-refractivity contribution in [2.45, 2.75) is 13.8 Å². The van der Waals surface area contributed by atoms with E-state index in [1.54, 1.807) is 0 Å². The van der Waals surface area contributed by atoms with Crippen molar-refractivity contribution in [2.75, 3.05) is 28.4 Å². The van der Waals surface area contributed by atoms with E-state index in [1.807, 2.05) is 0 Å². The number of ketones is 2. The first kappa shape index (κ1) is 32.9. The van der Waals surface area contributed by atoms with Crippen molar-refractivity contribution in [1.29, 1.82) is 0 Å². The number of hydrogen-bond donors (Lipinski definition) is 0. The summed E-state index contributed by atoms with van der Waals surface area (Å²) < 4.78 is 31.6. The number of carbonyl (C=O) groups excluding carboxylic acids is 6. The minimum atomic E-state index is -0.860. The van der Waals surface area contributed by atoms with Crippen molar-refractivity contribution in [3.05, 3.63) is 94.0 Å². The van der Waals surface area contributed by atoms with E-state index < -0.39 is 35.4 Å². The molecule has 46 heavy (non-hydrogen) atoms. The molecule has 4 rings (SSSR count). The van der Waals surface area contributed by atoms with Crippen LogP contribution in [0.15, 0.2) is 60.7 Å². The van der Waals surface area contributed by atoms with Crippen molar-refractivity contribution >= 4 is 46.2 Å². The Morgan fingerprint density at radius 1 is 0.457 bits per heavy atom. The van der Waals surface area contributed by atoms with Crippen LogP contribution in [0.3, 0.4) is 0 Å². The zero-order chi connectivity index (χ0) is 33.7. The molecule has 0 spiro atoms. The Morgan fingerprint density at radius 2 is 0.826 bits per heavy atom. The molecule has 0 heterocycles. The number of methoxy groups -OCH3 is 4. The predicted molar refractivity (Wildman–Crippen MR) is 163 cm³/mol. The van der Waals surface area contributed by atoms with Crippen molar-refractivity contribution in [3.63, 3.8) is 0 Å². The Hall–Kier alpha value is -6.04. The minimum absolute atomic E-state index is 0.00396. The lowest BCUT2D eigenvalue weighted by molar-refractivity contribution is 0.0591. The summed E-state index contributed by atoms with van der Waals surface area (Å²) in [6, 6.07) is 13.7. The Bertz CT molecular complexity index is 1780. The van der Waals surface area contributed by atoms with Crippen molar-refractivity contribution in [2.24, 2.45) is 0 Å². The van der Waals surface area contributed by atoms with Crippen molar-refractivity contribution < 1.29 is 57.2 Å². The predicted octanol–water partition coefficient (Wildman–Crippen LogP) is 5.27. The van der Waals surface area contributed by atoms with Crippen LogP contribution in [0.5, 0.6) is 23.0 Å². The lowest BCUT2D eigenvalue weighted by atomic mass is 10.0. The van der Waals surface area contributed by atoms with Crippen LogP contribution < -0.4 is 18.9 Å². The first-order valence-corrected chi connectivity index (χ1v) is 13.5. The van der Waals surface area contributed by atoms with Gasteiger partial charge in [-0.1, -0.05) is 0 Å². The Balaban J connectivity index is 1.71. The molecular formula is C34H28O12. The van der Waals surface area contributed by atoms with Gasteiger partial charge in [0.25, 0.3) is 0 Å². The number of ether oxygens (including phenoxy) is 6. The Morgan fingerprint density at radius 3 is 1.13 bits per heavy atom. The third-order valence-electron chi connectivity index (χ3n) is 6.92. The second-order valence-electron chi connectivity index (χ2n) is 9.68. The van der Waals surface area contributed by atoms with Crippen LogP contribution in [-0.4, -0.2) is 63.9 Å². The normalized spacial score (nSPS) is 10.5. The zero-order valence-corrected chi connectivity index (χ0v) is 25.7. The van der Waals surface area contributed by atoms with Gasteiger partial charge >= 0.3 is 23.9 Å². The fraction of sp³-hybridized carbons (Fsp3) is 0.176. The van der Waals surface area contributed by atoms with Gasteiger partial charge in [-0.15, -0.1) is 0 Å². The summed E-state index contributed by atoms with van der Waals surface area (Å²) in [6.45, 7) is 2.52. The molecule has 0 saturated heterocycles. The van der Waals surface area contributed by atoms with Crippen LogP contribution in [0, 0.1) is 0 Å². The molecule has 0 aromatic heterocycles. The van der Waals surface area contributed by atoms with Gasteiger partial charge in [-0.2, -0.15) is 0 Å². The Labute approximate surface area is 262 Å². The van der Waals surface area contributed by atoms with Crippen molar-refractivity contribution in [3.8, 4) is 23.0 Å². The van der Waals surface area contributed by atoms with Crippen molar-refractivity contribution in [1.82, 2.24) is 0 Å². The largest absolute Gasteiger partial charge is 0.495 e. The number of benzene rings is 4. The lowest BCUT2D eigenvalue weighted by Crippen LogP contribution is -2.14. The summed E-state index contributed by atoms with van der Waals surface area (Å²) in [4.78, 5) is 75.0. The second-order valence-corrected chi connectivity index (χ2v) is 9.68.